The summed E-state index contributed by atoms with van der Waals surface area (Å²) in [6.07, 6.45) is 1.22. The molecule has 4 unspecified atom stereocenters. The van der Waals surface area contributed by atoms with Crippen molar-refractivity contribution in [1.29, 1.82) is 0 Å². The summed E-state index contributed by atoms with van der Waals surface area (Å²) < 4.78 is 0. The predicted octanol–water partition coefficient (Wildman–Crippen LogP) is 0.979. The highest BCUT2D eigenvalue weighted by molar-refractivity contribution is 5.78. The van der Waals surface area contributed by atoms with Gasteiger partial charge in [-0.15, -0.1) is 0 Å². The van der Waals surface area contributed by atoms with E-state index < -0.39 is 0 Å². The number of amides is 1. The maximum absolute atomic E-state index is 11.5. The first-order chi connectivity index (χ1) is 7.47. The maximum atomic E-state index is 11.5. The van der Waals surface area contributed by atoms with Gasteiger partial charge >= 0.3 is 0 Å². The fourth-order valence-corrected chi connectivity index (χ4v) is 2.33. The second-order valence-electron chi connectivity index (χ2n) is 5.28. The van der Waals surface area contributed by atoms with Gasteiger partial charge in [-0.3, -0.25) is 15.1 Å². The number of carbonyl (C=O) groups is 1. The van der Waals surface area contributed by atoms with Crippen molar-refractivity contribution in [2.75, 3.05) is 13.1 Å². The number of hydrogen-bond acceptors (Lipinski definition) is 3. The molecule has 0 aromatic heterocycles. The average Bonchev–Trinajstić information content (AvgIpc) is 2.29. The molecule has 1 rings (SSSR count). The lowest BCUT2D eigenvalue weighted by molar-refractivity contribution is -0.126. The summed E-state index contributed by atoms with van der Waals surface area (Å²) in [4.78, 5) is 13.9. The van der Waals surface area contributed by atoms with Crippen molar-refractivity contribution in [1.82, 2.24) is 10.3 Å². The molecule has 94 valence electrons. The van der Waals surface area contributed by atoms with Crippen LogP contribution in [0.3, 0.4) is 0 Å². The van der Waals surface area contributed by atoms with Gasteiger partial charge in [-0.2, -0.15) is 0 Å². The summed E-state index contributed by atoms with van der Waals surface area (Å²) in [6.45, 7) is 10.8. The number of hydrazine groups is 1. The Morgan fingerprint density at radius 3 is 2.50 bits per heavy atom. The molecule has 3 N–H and O–H groups in total. The first-order valence-electron chi connectivity index (χ1n) is 6.21. The highest BCUT2D eigenvalue weighted by Crippen LogP contribution is 2.25. The van der Waals surface area contributed by atoms with E-state index in [9.17, 15) is 4.79 Å². The van der Waals surface area contributed by atoms with Gasteiger partial charge < -0.3 is 0 Å². The Hall–Kier alpha value is -0.610. The molecule has 4 nitrogen and oxygen atoms in total. The second-order valence-corrected chi connectivity index (χ2v) is 5.28. The third-order valence-corrected chi connectivity index (χ3v) is 4.22. The summed E-state index contributed by atoms with van der Waals surface area (Å²) in [7, 11) is 0. The van der Waals surface area contributed by atoms with E-state index >= 15 is 0 Å². The molecule has 1 saturated heterocycles. The molecule has 0 aromatic rings. The summed E-state index contributed by atoms with van der Waals surface area (Å²) in [6, 6.07) is 0.262. The van der Waals surface area contributed by atoms with Crippen LogP contribution in [0, 0.1) is 17.8 Å². The SMILES string of the molecule is CC1CCN(C(C)C(C)C(=O)NN)CC1C. The van der Waals surface area contributed by atoms with E-state index in [-0.39, 0.29) is 17.9 Å². The first-order valence-corrected chi connectivity index (χ1v) is 6.21. The summed E-state index contributed by atoms with van der Waals surface area (Å²) in [5.41, 5.74) is 2.24. The molecule has 0 saturated carbocycles. The van der Waals surface area contributed by atoms with E-state index in [0.717, 1.165) is 19.0 Å². The second kappa shape index (κ2) is 5.64. The van der Waals surface area contributed by atoms with Gasteiger partial charge in [0.2, 0.25) is 5.91 Å². The normalized spacial score (nSPS) is 30.8. The van der Waals surface area contributed by atoms with E-state index in [4.69, 9.17) is 5.84 Å². The fourth-order valence-electron chi connectivity index (χ4n) is 2.33. The molecule has 0 aliphatic carbocycles. The third-order valence-electron chi connectivity index (χ3n) is 4.22. The van der Waals surface area contributed by atoms with Gasteiger partial charge in [0, 0.05) is 12.6 Å². The van der Waals surface area contributed by atoms with Crippen molar-refractivity contribution < 1.29 is 4.79 Å². The zero-order chi connectivity index (χ0) is 12.3. The number of nitrogens with zero attached hydrogens (tertiary/aromatic N) is 1. The van der Waals surface area contributed by atoms with Crippen LogP contribution >= 0.6 is 0 Å². The van der Waals surface area contributed by atoms with Crippen molar-refractivity contribution in [2.24, 2.45) is 23.6 Å². The largest absolute Gasteiger partial charge is 0.300 e. The van der Waals surface area contributed by atoms with E-state index in [0.29, 0.717) is 5.92 Å². The molecule has 4 heteroatoms. The lowest BCUT2D eigenvalue weighted by atomic mass is 9.86. The molecular weight excluding hydrogens is 202 g/mol. The molecule has 0 bridgehead atoms. The topological polar surface area (TPSA) is 58.4 Å². The maximum Gasteiger partial charge on any atom is 0.238 e. The lowest BCUT2D eigenvalue weighted by Crippen LogP contribution is -2.50. The number of nitrogens with two attached hydrogens (primary N) is 1. The smallest absolute Gasteiger partial charge is 0.238 e. The minimum Gasteiger partial charge on any atom is -0.300 e. The zero-order valence-electron chi connectivity index (χ0n) is 10.9. The number of carbonyl (C=O) groups excluding carboxylic acids is 1. The monoisotopic (exact) mass is 227 g/mol. The molecule has 1 aliphatic rings. The predicted molar refractivity (Wildman–Crippen MR) is 65.5 cm³/mol. The number of nitrogens with one attached hydrogen (secondary N) is 1. The minimum absolute atomic E-state index is 0.0504. The molecule has 0 aromatic carbocycles. The van der Waals surface area contributed by atoms with Crippen LogP contribution in [0.1, 0.15) is 34.1 Å². The molecular formula is C12H25N3O. The highest BCUT2D eigenvalue weighted by atomic mass is 16.2. The van der Waals surface area contributed by atoms with Crippen LogP contribution in [0.25, 0.3) is 0 Å². The quantitative estimate of drug-likeness (QED) is 0.429. The Bertz CT molecular complexity index is 244. The van der Waals surface area contributed by atoms with Crippen LogP contribution in [-0.2, 0) is 4.79 Å². The van der Waals surface area contributed by atoms with E-state index in [1.165, 1.54) is 6.42 Å². The molecule has 16 heavy (non-hydrogen) atoms. The lowest BCUT2D eigenvalue weighted by Gasteiger charge is -2.40. The van der Waals surface area contributed by atoms with Crippen molar-refractivity contribution in [2.45, 2.75) is 40.2 Å². The van der Waals surface area contributed by atoms with Crippen molar-refractivity contribution in [3.05, 3.63) is 0 Å². The Morgan fingerprint density at radius 1 is 1.38 bits per heavy atom. The van der Waals surface area contributed by atoms with Crippen LogP contribution in [-0.4, -0.2) is 29.9 Å². The van der Waals surface area contributed by atoms with Gasteiger partial charge in [-0.05, 0) is 31.7 Å². The summed E-state index contributed by atoms with van der Waals surface area (Å²) in [5.74, 6) is 6.56. The van der Waals surface area contributed by atoms with Gasteiger partial charge in [-0.25, -0.2) is 5.84 Å². The number of hydrogen-bond donors (Lipinski definition) is 2. The van der Waals surface area contributed by atoms with Gasteiger partial charge in [0.05, 0.1) is 5.92 Å². The average molecular weight is 227 g/mol. The van der Waals surface area contributed by atoms with Gasteiger partial charge in [0.1, 0.15) is 0 Å². The van der Waals surface area contributed by atoms with Gasteiger partial charge in [-0.1, -0.05) is 20.8 Å². The molecule has 4 atom stereocenters. The highest BCUT2D eigenvalue weighted by Gasteiger charge is 2.30. The van der Waals surface area contributed by atoms with Crippen molar-refractivity contribution in [3.8, 4) is 0 Å². The van der Waals surface area contributed by atoms with Gasteiger partial charge in [0.15, 0.2) is 0 Å². The number of rotatable bonds is 3. The standard InChI is InChI=1S/C12H25N3O/c1-8-5-6-15(7-9(8)2)11(4)10(3)12(16)14-13/h8-11H,5-7,13H2,1-4H3,(H,14,16). The van der Waals surface area contributed by atoms with Crippen LogP contribution in [0.5, 0.6) is 0 Å². The van der Waals surface area contributed by atoms with Crippen LogP contribution < -0.4 is 11.3 Å². The summed E-state index contributed by atoms with van der Waals surface area (Å²) >= 11 is 0. The van der Waals surface area contributed by atoms with Gasteiger partial charge in [0.25, 0.3) is 0 Å². The molecule has 1 aliphatic heterocycles. The zero-order valence-corrected chi connectivity index (χ0v) is 10.9. The molecule has 1 amide bonds. The Labute approximate surface area is 98.5 Å². The number of piperidine rings is 1. The fraction of sp³-hybridized carbons (Fsp3) is 0.917. The Balaban J connectivity index is 2.54. The van der Waals surface area contributed by atoms with Crippen molar-refractivity contribution in [3.63, 3.8) is 0 Å². The van der Waals surface area contributed by atoms with E-state index in [1.54, 1.807) is 0 Å². The summed E-state index contributed by atoms with van der Waals surface area (Å²) in [5, 5.41) is 0. The third kappa shape index (κ3) is 2.95. The first kappa shape index (κ1) is 13.5. The van der Waals surface area contributed by atoms with Crippen LogP contribution in [0.15, 0.2) is 0 Å². The van der Waals surface area contributed by atoms with E-state index in [1.807, 2.05) is 6.92 Å². The number of likely N-dealkylation sites (tertiary alicyclic amines) is 1. The Morgan fingerprint density at radius 2 is 2.00 bits per heavy atom. The van der Waals surface area contributed by atoms with Crippen LogP contribution in [0.4, 0.5) is 0 Å². The molecule has 0 radical (unpaired) electrons. The van der Waals surface area contributed by atoms with Crippen LogP contribution in [0.2, 0.25) is 0 Å². The molecule has 1 heterocycles. The molecule has 0 spiro atoms. The van der Waals surface area contributed by atoms with Crippen molar-refractivity contribution >= 4 is 5.91 Å². The Kier molecular flexibility index (Phi) is 4.74. The molecule has 1 fully saturated rings. The van der Waals surface area contributed by atoms with E-state index in [2.05, 4.69) is 31.1 Å². The minimum atomic E-state index is -0.0706.